The molecule has 1 aromatic rings. The van der Waals surface area contributed by atoms with Crippen LogP contribution in [0.3, 0.4) is 0 Å². The third-order valence-electron chi connectivity index (χ3n) is 2.72. The number of hydrogen-bond donors (Lipinski definition) is 1. The minimum Gasteiger partial charge on any atom is -0.314 e. The third kappa shape index (κ3) is 5.08. The van der Waals surface area contributed by atoms with Gasteiger partial charge in [0.15, 0.2) is 0 Å². The Hall–Kier alpha value is -0.550. The van der Waals surface area contributed by atoms with Crippen molar-refractivity contribution < 1.29 is 0 Å². The van der Waals surface area contributed by atoms with Crippen molar-refractivity contribution in [3.63, 3.8) is 0 Å². The minimum atomic E-state index is 0.521. The van der Waals surface area contributed by atoms with Gasteiger partial charge in [0.1, 0.15) is 12.2 Å². The van der Waals surface area contributed by atoms with Gasteiger partial charge in [-0.15, -0.1) is 0 Å². The molecule has 98 valence electrons. The predicted molar refractivity (Wildman–Crippen MR) is 74.5 cm³/mol. The van der Waals surface area contributed by atoms with Gasteiger partial charge in [0.2, 0.25) is 0 Å². The van der Waals surface area contributed by atoms with Gasteiger partial charge in [-0.3, -0.25) is 4.68 Å². The molecule has 1 heterocycles. The van der Waals surface area contributed by atoms with Gasteiger partial charge in [-0.1, -0.05) is 13.8 Å². The average molecular weight is 256 g/mol. The summed E-state index contributed by atoms with van der Waals surface area (Å²) in [5.41, 5.74) is 0. The fourth-order valence-electron chi connectivity index (χ4n) is 1.89. The maximum atomic E-state index is 4.37. The van der Waals surface area contributed by atoms with Crippen molar-refractivity contribution in [3.05, 3.63) is 12.2 Å². The molecule has 1 unspecified atom stereocenters. The van der Waals surface area contributed by atoms with Crippen molar-refractivity contribution >= 4 is 11.8 Å². The molecule has 1 N–H and O–H groups in total. The Bertz CT molecular complexity index is 300. The van der Waals surface area contributed by atoms with Gasteiger partial charge in [-0.05, 0) is 31.4 Å². The van der Waals surface area contributed by atoms with Crippen LogP contribution in [-0.4, -0.2) is 39.4 Å². The topological polar surface area (TPSA) is 42.7 Å². The molecule has 5 heteroatoms. The second kappa shape index (κ2) is 8.53. The highest BCUT2D eigenvalue weighted by atomic mass is 32.2. The zero-order chi connectivity index (χ0) is 12.5. The summed E-state index contributed by atoms with van der Waals surface area (Å²) in [6, 6.07) is 0.521. The maximum Gasteiger partial charge on any atom is 0.138 e. The van der Waals surface area contributed by atoms with Gasteiger partial charge < -0.3 is 5.32 Å². The van der Waals surface area contributed by atoms with Gasteiger partial charge in [0.05, 0.1) is 0 Å². The second-order valence-corrected chi connectivity index (χ2v) is 5.13. The fourth-order valence-corrected chi connectivity index (χ4v) is 2.41. The molecule has 17 heavy (non-hydrogen) atoms. The highest BCUT2D eigenvalue weighted by Crippen LogP contribution is 2.07. The molecule has 0 aliphatic heterocycles. The number of thioether (sulfide) groups is 1. The number of hydrogen-bond acceptors (Lipinski definition) is 4. The summed E-state index contributed by atoms with van der Waals surface area (Å²) >= 11 is 1.90. The molecule has 0 fully saturated rings. The minimum absolute atomic E-state index is 0.521. The zero-order valence-corrected chi connectivity index (χ0v) is 12.0. The molecule has 0 saturated heterocycles. The molecular weight excluding hydrogens is 232 g/mol. The van der Waals surface area contributed by atoms with Gasteiger partial charge >= 0.3 is 0 Å². The van der Waals surface area contributed by atoms with Crippen LogP contribution in [-0.2, 0) is 13.0 Å². The Labute approximate surface area is 109 Å². The third-order valence-corrected chi connectivity index (χ3v) is 3.37. The average Bonchev–Trinajstić information content (AvgIpc) is 2.74. The summed E-state index contributed by atoms with van der Waals surface area (Å²) in [4.78, 5) is 4.37. The Kier molecular flexibility index (Phi) is 7.28. The number of nitrogens with zero attached hydrogens (tertiary/aromatic N) is 3. The maximum absolute atomic E-state index is 4.37. The standard InChI is InChI=1S/C12H24N4S/c1-4-7-16-12(14-10-15-16)9-11(13-5-2)6-8-17-3/h10-11,13H,4-9H2,1-3H3. The predicted octanol–water partition coefficient (Wildman–Crippen LogP) is 1.96. The van der Waals surface area contributed by atoms with E-state index in [0.29, 0.717) is 6.04 Å². The Balaban J connectivity index is 2.54. The Morgan fingerprint density at radius 2 is 2.29 bits per heavy atom. The summed E-state index contributed by atoms with van der Waals surface area (Å²) in [6.07, 6.45) is 7.10. The van der Waals surface area contributed by atoms with E-state index in [-0.39, 0.29) is 0 Å². The highest BCUT2D eigenvalue weighted by molar-refractivity contribution is 7.98. The molecule has 1 atom stereocenters. The SMILES string of the molecule is CCCn1ncnc1CC(CCSC)NCC. The van der Waals surface area contributed by atoms with Gasteiger partial charge in [-0.2, -0.15) is 16.9 Å². The Morgan fingerprint density at radius 3 is 2.94 bits per heavy atom. The van der Waals surface area contributed by atoms with Crippen LogP contribution in [0.4, 0.5) is 0 Å². The van der Waals surface area contributed by atoms with E-state index in [9.17, 15) is 0 Å². The first kappa shape index (κ1) is 14.5. The van der Waals surface area contributed by atoms with E-state index in [0.717, 1.165) is 31.8 Å². The summed E-state index contributed by atoms with van der Waals surface area (Å²) in [7, 11) is 0. The summed E-state index contributed by atoms with van der Waals surface area (Å²) < 4.78 is 2.03. The normalized spacial score (nSPS) is 12.9. The van der Waals surface area contributed by atoms with Crippen LogP contribution in [0.15, 0.2) is 6.33 Å². The van der Waals surface area contributed by atoms with E-state index in [1.807, 2.05) is 16.4 Å². The van der Waals surface area contributed by atoms with Crippen molar-refractivity contribution in [2.24, 2.45) is 0 Å². The number of nitrogens with one attached hydrogen (secondary N) is 1. The Morgan fingerprint density at radius 1 is 1.47 bits per heavy atom. The van der Waals surface area contributed by atoms with E-state index in [2.05, 4.69) is 35.5 Å². The summed E-state index contributed by atoms with van der Waals surface area (Å²) in [5.74, 6) is 2.30. The lowest BCUT2D eigenvalue weighted by molar-refractivity contribution is 0.477. The van der Waals surface area contributed by atoms with Crippen LogP contribution in [0.25, 0.3) is 0 Å². The first-order valence-electron chi connectivity index (χ1n) is 6.40. The molecule has 4 nitrogen and oxygen atoms in total. The monoisotopic (exact) mass is 256 g/mol. The van der Waals surface area contributed by atoms with Crippen LogP contribution in [0.2, 0.25) is 0 Å². The fraction of sp³-hybridized carbons (Fsp3) is 0.833. The molecule has 0 aliphatic rings. The lowest BCUT2D eigenvalue weighted by Crippen LogP contribution is -2.32. The summed E-state index contributed by atoms with van der Waals surface area (Å²) in [6.45, 7) is 6.31. The summed E-state index contributed by atoms with van der Waals surface area (Å²) in [5, 5.41) is 7.80. The first-order chi connectivity index (χ1) is 8.31. The molecule has 0 aliphatic carbocycles. The second-order valence-electron chi connectivity index (χ2n) is 4.14. The van der Waals surface area contributed by atoms with E-state index < -0.39 is 0 Å². The van der Waals surface area contributed by atoms with Crippen LogP contribution in [0.5, 0.6) is 0 Å². The van der Waals surface area contributed by atoms with Crippen LogP contribution in [0, 0.1) is 0 Å². The molecule has 0 radical (unpaired) electrons. The first-order valence-corrected chi connectivity index (χ1v) is 7.80. The van der Waals surface area contributed by atoms with Gasteiger partial charge in [0, 0.05) is 19.0 Å². The largest absolute Gasteiger partial charge is 0.314 e. The molecule has 0 aromatic carbocycles. The van der Waals surface area contributed by atoms with E-state index >= 15 is 0 Å². The molecular formula is C12H24N4S. The molecule has 0 spiro atoms. The van der Waals surface area contributed by atoms with Gasteiger partial charge in [0.25, 0.3) is 0 Å². The molecule has 1 aromatic heterocycles. The smallest absolute Gasteiger partial charge is 0.138 e. The zero-order valence-electron chi connectivity index (χ0n) is 11.1. The van der Waals surface area contributed by atoms with E-state index in [1.54, 1.807) is 6.33 Å². The van der Waals surface area contributed by atoms with Crippen molar-refractivity contribution in [2.45, 2.75) is 45.7 Å². The van der Waals surface area contributed by atoms with E-state index in [4.69, 9.17) is 0 Å². The molecule has 1 rings (SSSR count). The van der Waals surface area contributed by atoms with Gasteiger partial charge in [-0.25, -0.2) is 4.98 Å². The van der Waals surface area contributed by atoms with E-state index in [1.165, 1.54) is 12.2 Å². The lowest BCUT2D eigenvalue weighted by atomic mass is 10.1. The van der Waals surface area contributed by atoms with Crippen LogP contribution >= 0.6 is 11.8 Å². The van der Waals surface area contributed by atoms with Crippen molar-refractivity contribution in [2.75, 3.05) is 18.6 Å². The molecule has 0 amide bonds. The molecule has 0 saturated carbocycles. The number of likely N-dealkylation sites (N-methyl/N-ethyl adjacent to an activating group) is 1. The van der Waals surface area contributed by atoms with Crippen molar-refractivity contribution in [1.82, 2.24) is 20.1 Å². The quantitative estimate of drug-likeness (QED) is 0.733. The number of aromatic nitrogens is 3. The lowest BCUT2D eigenvalue weighted by Gasteiger charge is -2.17. The number of rotatable bonds is 9. The van der Waals surface area contributed by atoms with Crippen LogP contribution < -0.4 is 5.32 Å². The number of aryl methyl sites for hydroxylation is 1. The van der Waals surface area contributed by atoms with Crippen LogP contribution in [0.1, 0.15) is 32.5 Å². The molecule has 0 bridgehead atoms. The van der Waals surface area contributed by atoms with Crippen molar-refractivity contribution in [3.8, 4) is 0 Å². The highest BCUT2D eigenvalue weighted by Gasteiger charge is 2.12. The van der Waals surface area contributed by atoms with Crippen molar-refractivity contribution in [1.29, 1.82) is 0 Å².